The molecule has 0 bridgehead atoms. The predicted octanol–water partition coefficient (Wildman–Crippen LogP) is 12.8. The summed E-state index contributed by atoms with van der Waals surface area (Å²) in [7, 11) is 0. The van der Waals surface area contributed by atoms with E-state index in [-0.39, 0.29) is 11.6 Å². The molecule has 0 spiro atoms. The topological polar surface area (TPSA) is 41.5 Å². The van der Waals surface area contributed by atoms with Gasteiger partial charge in [-0.2, -0.15) is 0 Å². The average Bonchev–Trinajstić information content (AvgIpc) is 3.52. The van der Waals surface area contributed by atoms with Crippen molar-refractivity contribution in [2.24, 2.45) is 4.99 Å². The van der Waals surface area contributed by atoms with Crippen molar-refractivity contribution in [3.63, 3.8) is 0 Å². The van der Waals surface area contributed by atoms with Crippen LogP contribution in [0.4, 0.5) is 0 Å². The number of nitrogens with zero attached hydrogens (tertiary/aromatic N) is 2. The van der Waals surface area contributed by atoms with E-state index in [2.05, 4.69) is 44.3 Å². The molecule has 1 N–H and O–H groups in total. The van der Waals surface area contributed by atoms with E-state index in [1.165, 1.54) is 186 Å². The molecule has 0 aromatic carbocycles. The number of hydrogen-bond donors (Lipinski definition) is 1. The lowest BCUT2D eigenvalue weighted by molar-refractivity contribution is -0.882. The number of rotatable bonds is 34. The molecular weight excluding hydrogens is 550 g/mol. The third kappa shape index (κ3) is 22.3. The lowest BCUT2D eigenvalue weighted by Crippen LogP contribution is -2.68. The minimum absolute atomic E-state index is 0.226. The van der Waals surface area contributed by atoms with Crippen LogP contribution < -0.4 is 5.32 Å². The van der Waals surface area contributed by atoms with Crippen LogP contribution in [0.2, 0.25) is 0 Å². The van der Waals surface area contributed by atoms with Crippen molar-refractivity contribution in [2.45, 2.75) is 232 Å². The minimum atomic E-state index is -0.289. The second kappa shape index (κ2) is 29.3. The highest BCUT2D eigenvalue weighted by Crippen LogP contribution is 2.26. The molecule has 0 aromatic rings. The Balaban J connectivity index is 2.05. The molecule has 0 saturated carbocycles. The summed E-state index contributed by atoms with van der Waals surface area (Å²) in [6.45, 7) is 12.0. The molecule has 266 valence electrons. The average molecular weight is 633 g/mol. The molecular formula is C41H82N3O+. The summed E-state index contributed by atoms with van der Waals surface area (Å²) in [5.41, 5.74) is -0.289. The Hall–Kier alpha value is -0.900. The van der Waals surface area contributed by atoms with E-state index in [1.807, 2.05) is 0 Å². The Morgan fingerprint density at radius 1 is 0.556 bits per heavy atom. The van der Waals surface area contributed by atoms with Crippen LogP contribution in [0, 0.1) is 0 Å². The van der Waals surface area contributed by atoms with Gasteiger partial charge in [0.15, 0.2) is 12.0 Å². The molecule has 0 saturated heterocycles. The zero-order chi connectivity index (χ0) is 32.7. The molecule has 1 aliphatic heterocycles. The van der Waals surface area contributed by atoms with Gasteiger partial charge in [0.1, 0.15) is 6.54 Å². The van der Waals surface area contributed by atoms with E-state index in [0.29, 0.717) is 6.42 Å². The van der Waals surface area contributed by atoms with Gasteiger partial charge in [0.2, 0.25) is 5.91 Å². The number of unbranched alkanes of at least 4 members (excludes halogenated alkanes) is 28. The normalized spacial score (nSPS) is 16.5. The highest BCUT2D eigenvalue weighted by Gasteiger charge is 2.45. The molecule has 0 aliphatic carbocycles. The van der Waals surface area contributed by atoms with Gasteiger partial charge >= 0.3 is 0 Å². The maximum atomic E-state index is 12.9. The highest BCUT2D eigenvalue weighted by atomic mass is 16.2. The van der Waals surface area contributed by atoms with Gasteiger partial charge < -0.3 is 5.32 Å². The number of aliphatic imine (C=N–C) groups is 1. The van der Waals surface area contributed by atoms with E-state index in [4.69, 9.17) is 0 Å². The zero-order valence-electron chi connectivity index (χ0n) is 31.4. The Labute approximate surface area is 283 Å². The van der Waals surface area contributed by atoms with Crippen LogP contribution in [0.3, 0.4) is 0 Å². The summed E-state index contributed by atoms with van der Waals surface area (Å²) in [6, 6.07) is 0. The largest absolute Gasteiger partial charge is 0.304 e. The Morgan fingerprint density at radius 3 is 1.22 bits per heavy atom. The Kier molecular flexibility index (Phi) is 27.4. The number of carbonyl (C=O) groups is 1. The van der Waals surface area contributed by atoms with Crippen molar-refractivity contribution >= 4 is 12.2 Å². The standard InChI is InChI=1S/C41H81N3O/c1-5-7-9-11-13-15-17-19-21-23-25-27-29-31-33-35-40(45)43-41(3,4)44(38-36-42-39-44)37-34-32-30-28-26-24-22-20-18-16-14-12-10-8-6-2/h39H,5-38H2,1-4H3/p+1. The van der Waals surface area contributed by atoms with Gasteiger partial charge in [0.25, 0.3) is 0 Å². The van der Waals surface area contributed by atoms with Crippen molar-refractivity contribution in [3.05, 3.63) is 0 Å². The van der Waals surface area contributed by atoms with Gasteiger partial charge in [-0.15, -0.1) is 0 Å². The number of amides is 1. The van der Waals surface area contributed by atoms with Crippen LogP contribution in [0.1, 0.15) is 227 Å². The Morgan fingerprint density at radius 2 is 0.889 bits per heavy atom. The number of quaternary nitrogens is 1. The van der Waals surface area contributed by atoms with E-state index in [1.54, 1.807) is 0 Å². The van der Waals surface area contributed by atoms with E-state index >= 15 is 0 Å². The summed E-state index contributed by atoms with van der Waals surface area (Å²) < 4.78 is 0.816. The quantitative estimate of drug-likeness (QED) is 0.0556. The fourth-order valence-electron chi connectivity index (χ4n) is 7.32. The van der Waals surface area contributed by atoms with Crippen LogP contribution >= 0.6 is 0 Å². The summed E-state index contributed by atoms with van der Waals surface area (Å²) in [4.78, 5) is 17.6. The van der Waals surface area contributed by atoms with E-state index in [9.17, 15) is 4.79 Å². The molecule has 0 radical (unpaired) electrons. The highest BCUT2D eigenvalue weighted by molar-refractivity contribution is 5.76. The minimum Gasteiger partial charge on any atom is -0.304 e. The molecule has 4 heteroatoms. The molecule has 1 atom stereocenters. The van der Waals surface area contributed by atoms with Gasteiger partial charge in [-0.25, -0.2) is 4.99 Å². The van der Waals surface area contributed by atoms with Crippen molar-refractivity contribution in [2.75, 3.05) is 19.6 Å². The molecule has 1 rings (SSSR count). The van der Waals surface area contributed by atoms with Gasteiger partial charge in [-0.05, 0) is 19.3 Å². The summed E-state index contributed by atoms with van der Waals surface area (Å²) >= 11 is 0. The molecule has 1 aliphatic rings. The number of hydrogen-bond acceptors (Lipinski definition) is 2. The van der Waals surface area contributed by atoms with Crippen LogP contribution in [0.15, 0.2) is 4.99 Å². The van der Waals surface area contributed by atoms with Crippen LogP contribution in [-0.2, 0) is 4.79 Å². The zero-order valence-corrected chi connectivity index (χ0v) is 31.4. The lowest BCUT2D eigenvalue weighted by Gasteiger charge is -2.44. The number of nitrogens with one attached hydrogen (secondary N) is 1. The molecule has 1 heterocycles. The lowest BCUT2D eigenvalue weighted by atomic mass is 10.0. The Bertz CT molecular complexity index is 690. The summed E-state index contributed by atoms with van der Waals surface area (Å²) in [5.74, 6) is 0.226. The van der Waals surface area contributed by atoms with E-state index in [0.717, 1.165) is 30.5 Å². The fraction of sp³-hybridized carbons (Fsp3) is 0.951. The van der Waals surface area contributed by atoms with Crippen molar-refractivity contribution in [3.8, 4) is 0 Å². The number of carbonyl (C=O) groups excluding carboxylic acids is 1. The smallest absolute Gasteiger partial charge is 0.224 e. The first-order valence-corrected chi connectivity index (χ1v) is 20.7. The van der Waals surface area contributed by atoms with Crippen molar-refractivity contribution in [1.82, 2.24) is 5.32 Å². The van der Waals surface area contributed by atoms with Crippen molar-refractivity contribution < 1.29 is 9.28 Å². The molecule has 1 unspecified atom stereocenters. The second-order valence-electron chi connectivity index (χ2n) is 15.3. The third-order valence-corrected chi connectivity index (χ3v) is 10.7. The van der Waals surface area contributed by atoms with Crippen molar-refractivity contribution in [1.29, 1.82) is 0 Å². The van der Waals surface area contributed by atoms with Crippen LogP contribution in [0.5, 0.6) is 0 Å². The molecule has 0 aromatic heterocycles. The molecule has 1 amide bonds. The first kappa shape index (κ1) is 42.1. The molecule has 0 fully saturated rings. The maximum Gasteiger partial charge on any atom is 0.224 e. The van der Waals surface area contributed by atoms with Gasteiger partial charge in [-0.3, -0.25) is 9.28 Å². The predicted molar refractivity (Wildman–Crippen MR) is 200 cm³/mol. The molecule has 45 heavy (non-hydrogen) atoms. The SMILES string of the molecule is CCCCCCCCCCCCCCCCCC(=O)NC(C)(C)[N+]1(CCCCCCCCCCCCCCCCC)C=NCC1. The van der Waals surface area contributed by atoms with Gasteiger partial charge in [0, 0.05) is 20.3 Å². The van der Waals surface area contributed by atoms with Crippen LogP contribution in [-0.4, -0.2) is 42.0 Å². The fourth-order valence-corrected chi connectivity index (χ4v) is 7.32. The van der Waals surface area contributed by atoms with Gasteiger partial charge in [-0.1, -0.05) is 187 Å². The third-order valence-electron chi connectivity index (χ3n) is 10.7. The summed E-state index contributed by atoms with van der Waals surface area (Å²) in [5, 5.41) is 3.43. The van der Waals surface area contributed by atoms with Crippen LogP contribution in [0.25, 0.3) is 0 Å². The first-order chi connectivity index (χ1) is 22.0. The maximum absolute atomic E-state index is 12.9. The van der Waals surface area contributed by atoms with E-state index < -0.39 is 0 Å². The second-order valence-corrected chi connectivity index (χ2v) is 15.3. The monoisotopic (exact) mass is 633 g/mol. The molecule has 4 nitrogen and oxygen atoms in total. The summed E-state index contributed by atoms with van der Waals surface area (Å²) in [6.07, 6.45) is 44.1. The van der Waals surface area contributed by atoms with Gasteiger partial charge in [0.05, 0.1) is 13.1 Å². The first-order valence-electron chi connectivity index (χ1n) is 20.7.